The van der Waals surface area contributed by atoms with E-state index >= 15 is 0 Å². The molecule has 3 N–H and O–H groups in total. The van der Waals surface area contributed by atoms with Gasteiger partial charge in [0.05, 0.1) is 23.3 Å². The lowest BCUT2D eigenvalue weighted by Crippen LogP contribution is -2.50. The number of alkyl halides is 3. The molecule has 0 radical (unpaired) electrons. The summed E-state index contributed by atoms with van der Waals surface area (Å²) in [5, 5.41) is 15.4. The lowest BCUT2D eigenvalue weighted by atomic mass is 9.87. The molecule has 1 saturated heterocycles. The van der Waals surface area contributed by atoms with E-state index in [4.69, 9.17) is 0 Å². The smallest absolute Gasteiger partial charge is 0.351 e. The summed E-state index contributed by atoms with van der Waals surface area (Å²) in [5.74, 6) is -1.37. The lowest BCUT2D eigenvalue weighted by molar-refractivity contribution is -0.137. The van der Waals surface area contributed by atoms with Gasteiger partial charge in [0.1, 0.15) is 0 Å². The van der Waals surface area contributed by atoms with Crippen molar-refractivity contribution in [1.82, 2.24) is 16.0 Å². The number of nitrogens with zero attached hydrogens (tertiary/aromatic N) is 2. The summed E-state index contributed by atoms with van der Waals surface area (Å²) in [6.45, 7) is 1.12. The van der Waals surface area contributed by atoms with Crippen molar-refractivity contribution < 1.29 is 27.6 Å². The Morgan fingerprint density at radius 3 is 2.55 bits per heavy atom. The van der Waals surface area contributed by atoms with Crippen molar-refractivity contribution >= 4 is 23.4 Å². The molecule has 1 aliphatic heterocycles. The first-order valence-corrected chi connectivity index (χ1v) is 9.10. The molecular weight excluding hydrogens is 391 g/mol. The van der Waals surface area contributed by atoms with Crippen molar-refractivity contribution in [3.63, 3.8) is 0 Å². The van der Waals surface area contributed by atoms with E-state index < -0.39 is 35.2 Å². The van der Waals surface area contributed by atoms with E-state index in [0.29, 0.717) is 19.3 Å². The molecule has 8 nitrogen and oxygen atoms in total. The van der Waals surface area contributed by atoms with Crippen LogP contribution in [0.2, 0.25) is 0 Å². The largest absolute Gasteiger partial charge is 0.418 e. The van der Waals surface area contributed by atoms with Crippen LogP contribution in [0.25, 0.3) is 0 Å². The Bertz CT molecular complexity index is 842. The molecule has 1 heterocycles. The first-order valence-electron chi connectivity index (χ1n) is 9.10. The summed E-state index contributed by atoms with van der Waals surface area (Å²) in [6, 6.07) is 2.30. The molecule has 1 saturated carbocycles. The summed E-state index contributed by atoms with van der Waals surface area (Å²) < 4.78 is 39.2. The van der Waals surface area contributed by atoms with Crippen LogP contribution in [0.1, 0.15) is 31.7 Å². The Kier molecular flexibility index (Phi) is 5.85. The fraction of sp³-hybridized carbons (Fsp3) is 0.500. The van der Waals surface area contributed by atoms with Crippen molar-refractivity contribution in [2.24, 2.45) is 10.2 Å². The molecule has 4 atom stereocenters. The number of amides is 3. The second-order valence-corrected chi connectivity index (χ2v) is 7.09. The summed E-state index contributed by atoms with van der Waals surface area (Å²) in [5.41, 5.74) is -1.48. The minimum atomic E-state index is -4.64. The van der Waals surface area contributed by atoms with Gasteiger partial charge in [0.2, 0.25) is 6.04 Å². The number of azo groups is 1. The number of nitrogens with one attached hydrogen (secondary N) is 3. The molecule has 1 aromatic carbocycles. The van der Waals surface area contributed by atoms with Gasteiger partial charge in [-0.3, -0.25) is 9.59 Å². The number of hydrogen-bond acceptors (Lipinski definition) is 5. The van der Waals surface area contributed by atoms with Crippen LogP contribution < -0.4 is 16.0 Å². The van der Waals surface area contributed by atoms with Crippen LogP contribution >= 0.6 is 0 Å². The second kappa shape index (κ2) is 8.18. The average molecular weight is 411 g/mol. The second-order valence-electron chi connectivity index (χ2n) is 7.09. The third-order valence-electron chi connectivity index (χ3n) is 4.95. The number of carbonyl (C=O) groups excluding carboxylic acids is 3. The molecular formula is C18H20F3N5O3. The Balaban J connectivity index is 1.69. The van der Waals surface area contributed by atoms with Crippen molar-refractivity contribution in [2.45, 2.75) is 56.5 Å². The van der Waals surface area contributed by atoms with Crippen LogP contribution in [0.15, 0.2) is 34.5 Å². The minimum absolute atomic E-state index is 0.00202. The monoisotopic (exact) mass is 411 g/mol. The van der Waals surface area contributed by atoms with E-state index in [0.717, 1.165) is 19.1 Å². The maximum atomic E-state index is 13.1. The molecule has 29 heavy (non-hydrogen) atoms. The SMILES string of the molecule is CC(=O)C(N=Nc1ccccc1C(F)(F)F)C(=O)NC1CCC2NC(=O)NC2C1. The van der Waals surface area contributed by atoms with Gasteiger partial charge in [-0.2, -0.15) is 23.4 Å². The molecule has 3 amide bonds. The third-order valence-corrected chi connectivity index (χ3v) is 4.95. The van der Waals surface area contributed by atoms with Crippen molar-refractivity contribution in [1.29, 1.82) is 0 Å². The normalized spacial score (nSPS) is 25.1. The van der Waals surface area contributed by atoms with Gasteiger partial charge in [0, 0.05) is 6.04 Å². The predicted molar refractivity (Wildman–Crippen MR) is 95.5 cm³/mol. The highest BCUT2D eigenvalue weighted by Crippen LogP contribution is 2.36. The first-order chi connectivity index (χ1) is 13.6. The molecule has 2 fully saturated rings. The Hall–Kier alpha value is -2.98. The zero-order chi connectivity index (χ0) is 21.2. The maximum Gasteiger partial charge on any atom is 0.418 e. The predicted octanol–water partition coefficient (Wildman–Crippen LogP) is 2.47. The number of urea groups is 1. The van der Waals surface area contributed by atoms with E-state index in [1.807, 2.05) is 0 Å². The highest BCUT2D eigenvalue weighted by atomic mass is 19.4. The maximum absolute atomic E-state index is 13.1. The number of ketones is 1. The van der Waals surface area contributed by atoms with Crippen molar-refractivity contribution in [3.8, 4) is 0 Å². The molecule has 1 aliphatic carbocycles. The fourth-order valence-corrected chi connectivity index (χ4v) is 3.53. The van der Waals surface area contributed by atoms with Gasteiger partial charge < -0.3 is 16.0 Å². The van der Waals surface area contributed by atoms with E-state index in [1.54, 1.807) is 0 Å². The molecule has 11 heteroatoms. The number of benzene rings is 1. The summed E-state index contributed by atoms with van der Waals surface area (Å²) in [6.07, 6.45) is -2.91. The Labute approximate surface area is 164 Å². The Morgan fingerprint density at radius 2 is 1.86 bits per heavy atom. The molecule has 3 rings (SSSR count). The van der Waals surface area contributed by atoms with Gasteiger partial charge in [-0.15, -0.1) is 0 Å². The summed E-state index contributed by atoms with van der Waals surface area (Å²) >= 11 is 0. The molecule has 4 unspecified atom stereocenters. The van der Waals surface area contributed by atoms with E-state index in [-0.39, 0.29) is 24.2 Å². The van der Waals surface area contributed by atoms with Crippen LogP contribution in [0.4, 0.5) is 23.7 Å². The molecule has 2 aliphatic rings. The number of Topliss-reactive ketones (excluding diaryl/α,β-unsaturated/α-hetero) is 1. The van der Waals surface area contributed by atoms with Gasteiger partial charge in [-0.1, -0.05) is 12.1 Å². The van der Waals surface area contributed by atoms with Gasteiger partial charge in [0.15, 0.2) is 5.78 Å². The average Bonchev–Trinajstić information content (AvgIpc) is 3.00. The summed E-state index contributed by atoms with van der Waals surface area (Å²) in [4.78, 5) is 35.7. The van der Waals surface area contributed by atoms with E-state index in [1.165, 1.54) is 12.1 Å². The first kappa shape index (κ1) is 20.7. The third kappa shape index (κ3) is 4.90. The summed E-state index contributed by atoms with van der Waals surface area (Å²) in [7, 11) is 0. The van der Waals surface area contributed by atoms with Crippen LogP contribution in [-0.4, -0.2) is 41.9 Å². The molecule has 1 aromatic rings. The number of fused-ring (bicyclic) bond motifs is 1. The highest BCUT2D eigenvalue weighted by molar-refractivity contribution is 6.04. The van der Waals surface area contributed by atoms with Gasteiger partial charge in [0.25, 0.3) is 5.91 Å². The molecule has 0 spiro atoms. The quantitative estimate of drug-likeness (QED) is 0.511. The molecule has 0 bridgehead atoms. The van der Waals surface area contributed by atoms with Crippen molar-refractivity contribution in [2.75, 3.05) is 0 Å². The Morgan fingerprint density at radius 1 is 1.17 bits per heavy atom. The standard InChI is InChI=1S/C18H20F3N5O3/c1-9(27)15(26-25-12-5-3-2-4-11(12)18(19,20)21)16(28)22-10-6-7-13-14(8-10)24-17(29)23-13/h2-5,10,13-15H,6-8H2,1H3,(H,22,28)(H2,23,24,29). The number of rotatable bonds is 5. The topological polar surface area (TPSA) is 112 Å². The van der Waals surface area contributed by atoms with Crippen LogP contribution in [-0.2, 0) is 15.8 Å². The zero-order valence-electron chi connectivity index (χ0n) is 15.5. The molecule has 0 aromatic heterocycles. The van der Waals surface area contributed by atoms with Crippen LogP contribution in [0.5, 0.6) is 0 Å². The van der Waals surface area contributed by atoms with Crippen LogP contribution in [0.3, 0.4) is 0 Å². The number of hydrogen-bond donors (Lipinski definition) is 3. The van der Waals surface area contributed by atoms with Crippen molar-refractivity contribution in [3.05, 3.63) is 29.8 Å². The fourth-order valence-electron chi connectivity index (χ4n) is 3.53. The number of halogens is 3. The highest BCUT2D eigenvalue weighted by Gasteiger charge is 2.38. The van der Waals surface area contributed by atoms with Crippen LogP contribution in [0, 0.1) is 0 Å². The minimum Gasteiger partial charge on any atom is -0.351 e. The molecule has 156 valence electrons. The number of carbonyl (C=O) groups is 3. The lowest BCUT2D eigenvalue weighted by Gasteiger charge is -2.31. The van der Waals surface area contributed by atoms with Gasteiger partial charge in [-0.05, 0) is 38.3 Å². The van der Waals surface area contributed by atoms with E-state index in [2.05, 4.69) is 26.2 Å². The van der Waals surface area contributed by atoms with Gasteiger partial charge >= 0.3 is 12.2 Å². The van der Waals surface area contributed by atoms with E-state index in [9.17, 15) is 27.6 Å². The van der Waals surface area contributed by atoms with Gasteiger partial charge in [-0.25, -0.2) is 4.79 Å². The zero-order valence-corrected chi connectivity index (χ0v) is 15.5.